The first-order chi connectivity index (χ1) is 11.3. The van der Waals surface area contributed by atoms with Gasteiger partial charge >= 0.3 is 6.18 Å². The van der Waals surface area contributed by atoms with Gasteiger partial charge in [-0.1, -0.05) is 30.3 Å². The van der Waals surface area contributed by atoms with E-state index < -0.39 is 29.6 Å². The summed E-state index contributed by atoms with van der Waals surface area (Å²) in [7, 11) is 0. The fourth-order valence-corrected chi connectivity index (χ4v) is 2.13. The van der Waals surface area contributed by atoms with Gasteiger partial charge in [0.2, 0.25) is 5.91 Å². The quantitative estimate of drug-likeness (QED) is 0.821. The number of benzene rings is 2. The van der Waals surface area contributed by atoms with E-state index in [1.807, 2.05) is 0 Å². The summed E-state index contributed by atoms with van der Waals surface area (Å²) in [5.41, 5.74) is -0.642. The van der Waals surface area contributed by atoms with E-state index in [4.69, 9.17) is 0 Å². The minimum atomic E-state index is -4.51. The van der Waals surface area contributed by atoms with Crippen LogP contribution in [0.25, 0.3) is 0 Å². The summed E-state index contributed by atoms with van der Waals surface area (Å²) in [6.07, 6.45) is -6.02. The van der Waals surface area contributed by atoms with Crippen molar-refractivity contribution >= 4 is 5.91 Å². The molecule has 0 spiro atoms. The van der Waals surface area contributed by atoms with Crippen molar-refractivity contribution in [2.45, 2.75) is 18.7 Å². The average Bonchev–Trinajstić information content (AvgIpc) is 2.54. The third kappa shape index (κ3) is 4.79. The molecule has 0 aliphatic rings. The zero-order chi connectivity index (χ0) is 17.7. The highest BCUT2D eigenvalue weighted by atomic mass is 19.4. The Bertz CT molecular complexity index is 716. The van der Waals surface area contributed by atoms with Crippen LogP contribution in [0.4, 0.5) is 17.6 Å². The lowest BCUT2D eigenvalue weighted by Gasteiger charge is -2.14. The highest BCUT2D eigenvalue weighted by Crippen LogP contribution is 2.30. The molecule has 7 heteroatoms. The molecule has 3 nitrogen and oxygen atoms in total. The zero-order valence-electron chi connectivity index (χ0n) is 12.5. The van der Waals surface area contributed by atoms with Crippen molar-refractivity contribution in [3.8, 4) is 0 Å². The van der Waals surface area contributed by atoms with Gasteiger partial charge in [-0.3, -0.25) is 4.79 Å². The molecule has 0 aromatic heterocycles. The molecule has 0 radical (unpaired) electrons. The molecule has 24 heavy (non-hydrogen) atoms. The summed E-state index contributed by atoms with van der Waals surface area (Å²) < 4.78 is 51.3. The van der Waals surface area contributed by atoms with E-state index in [-0.39, 0.29) is 24.1 Å². The van der Waals surface area contributed by atoms with Gasteiger partial charge < -0.3 is 10.4 Å². The summed E-state index contributed by atoms with van der Waals surface area (Å²) in [5, 5.41) is 12.3. The van der Waals surface area contributed by atoms with Gasteiger partial charge in [-0.25, -0.2) is 4.39 Å². The van der Waals surface area contributed by atoms with Crippen LogP contribution >= 0.6 is 0 Å². The highest BCUT2D eigenvalue weighted by Gasteiger charge is 2.30. The number of rotatable bonds is 5. The largest absolute Gasteiger partial charge is 0.416 e. The Hall–Kier alpha value is -2.41. The van der Waals surface area contributed by atoms with Crippen LogP contribution in [0.3, 0.4) is 0 Å². The van der Waals surface area contributed by atoms with Crippen LogP contribution in [0.5, 0.6) is 0 Å². The standard InChI is InChI=1S/C17H15F4NO2/c18-14-7-2-1-4-11(14)9-16(24)22-10-15(23)12-5-3-6-13(8-12)17(19,20)21/h1-8,15,23H,9-10H2,(H,22,24)/t15-/m1/s1. The third-order valence-corrected chi connectivity index (χ3v) is 3.40. The van der Waals surface area contributed by atoms with E-state index in [2.05, 4.69) is 5.32 Å². The lowest BCUT2D eigenvalue weighted by atomic mass is 10.1. The second-order valence-corrected chi connectivity index (χ2v) is 5.21. The number of amides is 1. The maximum atomic E-state index is 13.4. The topological polar surface area (TPSA) is 49.3 Å². The fourth-order valence-electron chi connectivity index (χ4n) is 2.13. The minimum Gasteiger partial charge on any atom is -0.387 e. The average molecular weight is 341 g/mol. The summed E-state index contributed by atoms with van der Waals surface area (Å²) in [4.78, 5) is 11.8. The van der Waals surface area contributed by atoms with E-state index in [0.29, 0.717) is 0 Å². The Labute approximate surface area is 135 Å². The summed E-state index contributed by atoms with van der Waals surface area (Å²) in [5.74, 6) is -1.06. The molecule has 0 aliphatic carbocycles. The van der Waals surface area contributed by atoms with Crippen LogP contribution in [-0.4, -0.2) is 17.6 Å². The Balaban J connectivity index is 1.94. The van der Waals surface area contributed by atoms with Crippen molar-refractivity contribution in [1.82, 2.24) is 5.32 Å². The molecule has 0 saturated heterocycles. The lowest BCUT2D eigenvalue weighted by molar-refractivity contribution is -0.137. The molecule has 0 saturated carbocycles. The van der Waals surface area contributed by atoms with Crippen molar-refractivity contribution in [1.29, 1.82) is 0 Å². The van der Waals surface area contributed by atoms with Crippen molar-refractivity contribution in [3.63, 3.8) is 0 Å². The smallest absolute Gasteiger partial charge is 0.387 e. The van der Waals surface area contributed by atoms with E-state index in [1.165, 1.54) is 30.3 Å². The first kappa shape index (κ1) is 17.9. The number of aliphatic hydroxyl groups is 1. The molecular formula is C17H15F4NO2. The molecule has 2 aromatic carbocycles. The van der Waals surface area contributed by atoms with Crippen LogP contribution in [0.1, 0.15) is 22.8 Å². The molecule has 0 aliphatic heterocycles. The molecule has 2 aromatic rings. The normalized spacial score (nSPS) is 12.7. The number of carbonyl (C=O) groups is 1. The predicted molar refractivity (Wildman–Crippen MR) is 79.5 cm³/mol. The summed E-state index contributed by atoms with van der Waals surface area (Å²) in [6, 6.07) is 10.0. The Morgan fingerprint density at radius 2 is 1.83 bits per heavy atom. The van der Waals surface area contributed by atoms with Crippen LogP contribution in [0, 0.1) is 5.82 Å². The Kier molecular flexibility index (Phi) is 5.56. The fraction of sp³-hybridized carbons (Fsp3) is 0.235. The van der Waals surface area contributed by atoms with Gasteiger partial charge in [0, 0.05) is 6.54 Å². The molecule has 128 valence electrons. The number of nitrogens with one attached hydrogen (secondary N) is 1. The summed E-state index contributed by atoms with van der Waals surface area (Å²) >= 11 is 0. The molecule has 1 atom stereocenters. The second kappa shape index (κ2) is 7.44. The molecule has 0 fully saturated rings. The number of alkyl halides is 3. The molecule has 1 amide bonds. The predicted octanol–water partition coefficient (Wildman–Crippen LogP) is 3.24. The first-order valence-corrected chi connectivity index (χ1v) is 7.12. The Morgan fingerprint density at radius 1 is 1.12 bits per heavy atom. The number of halogens is 4. The molecule has 0 heterocycles. The van der Waals surface area contributed by atoms with Gasteiger partial charge in [0.15, 0.2) is 0 Å². The lowest BCUT2D eigenvalue weighted by Crippen LogP contribution is -2.30. The van der Waals surface area contributed by atoms with Crippen molar-refractivity contribution in [2.75, 3.05) is 6.54 Å². The first-order valence-electron chi connectivity index (χ1n) is 7.12. The van der Waals surface area contributed by atoms with Gasteiger partial charge in [0.05, 0.1) is 18.1 Å². The molecule has 2 rings (SSSR count). The molecule has 0 unspecified atom stereocenters. The van der Waals surface area contributed by atoms with E-state index in [1.54, 1.807) is 6.07 Å². The highest BCUT2D eigenvalue weighted by molar-refractivity contribution is 5.78. The van der Waals surface area contributed by atoms with E-state index in [0.717, 1.165) is 12.1 Å². The number of carbonyl (C=O) groups excluding carboxylic acids is 1. The zero-order valence-corrected chi connectivity index (χ0v) is 12.5. The monoisotopic (exact) mass is 341 g/mol. The van der Waals surface area contributed by atoms with Crippen molar-refractivity contribution in [2.24, 2.45) is 0 Å². The second-order valence-electron chi connectivity index (χ2n) is 5.21. The SMILES string of the molecule is O=C(Cc1ccccc1F)NC[C@@H](O)c1cccc(C(F)(F)F)c1. The van der Waals surface area contributed by atoms with Crippen LogP contribution in [0.2, 0.25) is 0 Å². The van der Waals surface area contributed by atoms with E-state index in [9.17, 15) is 27.5 Å². The maximum Gasteiger partial charge on any atom is 0.416 e. The summed E-state index contributed by atoms with van der Waals surface area (Å²) in [6.45, 7) is -0.269. The number of hydrogen-bond acceptors (Lipinski definition) is 2. The number of aliphatic hydroxyl groups excluding tert-OH is 1. The van der Waals surface area contributed by atoms with E-state index >= 15 is 0 Å². The van der Waals surface area contributed by atoms with Crippen LogP contribution in [0.15, 0.2) is 48.5 Å². The van der Waals surface area contributed by atoms with Crippen LogP contribution < -0.4 is 5.32 Å². The van der Waals surface area contributed by atoms with Crippen molar-refractivity contribution in [3.05, 3.63) is 71.0 Å². The Morgan fingerprint density at radius 3 is 2.50 bits per heavy atom. The van der Waals surface area contributed by atoms with Gasteiger partial charge in [-0.15, -0.1) is 0 Å². The van der Waals surface area contributed by atoms with Crippen LogP contribution in [-0.2, 0) is 17.4 Å². The van der Waals surface area contributed by atoms with Gasteiger partial charge in [-0.2, -0.15) is 13.2 Å². The minimum absolute atomic E-state index is 0.0380. The molecule has 2 N–H and O–H groups in total. The maximum absolute atomic E-state index is 13.4. The molecular weight excluding hydrogens is 326 g/mol. The van der Waals surface area contributed by atoms with Gasteiger partial charge in [0.1, 0.15) is 5.82 Å². The van der Waals surface area contributed by atoms with Gasteiger partial charge in [-0.05, 0) is 29.3 Å². The van der Waals surface area contributed by atoms with Crippen molar-refractivity contribution < 1.29 is 27.5 Å². The molecule has 0 bridgehead atoms. The third-order valence-electron chi connectivity index (χ3n) is 3.40. The number of hydrogen-bond donors (Lipinski definition) is 2. The van der Waals surface area contributed by atoms with Gasteiger partial charge in [0.25, 0.3) is 0 Å².